The number of sulfonamides is 1. The molecule has 0 amide bonds. The van der Waals surface area contributed by atoms with Gasteiger partial charge in [-0.3, -0.25) is 9.71 Å². The van der Waals surface area contributed by atoms with Crippen molar-refractivity contribution in [2.45, 2.75) is 6.42 Å². The van der Waals surface area contributed by atoms with Crippen LogP contribution in [0.5, 0.6) is 0 Å². The fourth-order valence-electron chi connectivity index (χ4n) is 1.62. The van der Waals surface area contributed by atoms with Gasteiger partial charge in [-0.1, -0.05) is 12.1 Å². The highest BCUT2D eigenvalue weighted by Crippen LogP contribution is 2.13. The van der Waals surface area contributed by atoms with Gasteiger partial charge in [-0.15, -0.1) is 0 Å². The number of aryl methyl sites for hydroxylation is 1. The Morgan fingerprint density at radius 1 is 1.16 bits per heavy atom. The molecule has 100 valence electrons. The Hall–Kier alpha value is -2.08. The predicted molar refractivity (Wildman–Crippen MR) is 76.2 cm³/mol. The van der Waals surface area contributed by atoms with E-state index in [1.165, 1.54) is 0 Å². The van der Waals surface area contributed by atoms with Crippen LogP contribution in [0.2, 0.25) is 0 Å². The molecule has 0 aliphatic rings. The molecule has 0 fully saturated rings. The SMILES string of the molecule is Nc1cccc(NS(=O)(=O)CCc2ccccn2)c1. The van der Waals surface area contributed by atoms with Crippen LogP contribution in [0.25, 0.3) is 0 Å². The topological polar surface area (TPSA) is 85.1 Å². The van der Waals surface area contributed by atoms with Crippen molar-refractivity contribution < 1.29 is 8.42 Å². The van der Waals surface area contributed by atoms with Gasteiger partial charge in [-0.05, 0) is 30.3 Å². The van der Waals surface area contributed by atoms with Crippen LogP contribution >= 0.6 is 0 Å². The summed E-state index contributed by atoms with van der Waals surface area (Å²) in [5.74, 6) is -0.0151. The average Bonchev–Trinajstić information content (AvgIpc) is 2.37. The highest BCUT2D eigenvalue weighted by Gasteiger charge is 2.11. The van der Waals surface area contributed by atoms with Crippen LogP contribution in [0, 0.1) is 0 Å². The molecule has 1 aromatic heterocycles. The fraction of sp³-hybridized carbons (Fsp3) is 0.154. The van der Waals surface area contributed by atoms with Crippen molar-refractivity contribution in [3.05, 3.63) is 54.4 Å². The van der Waals surface area contributed by atoms with E-state index in [0.717, 1.165) is 5.69 Å². The molecular formula is C13H15N3O2S. The van der Waals surface area contributed by atoms with Crippen molar-refractivity contribution in [2.24, 2.45) is 0 Å². The summed E-state index contributed by atoms with van der Waals surface area (Å²) in [4.78, 5) is 4.09. The first-order valence-corrected chi connectivity index (χ1v) is 7.46. The van der Waals surface area contributed by atoms with Crippen molar-refractivity contribution in [3.63, 3.8) is 0 Å². The molecule has 0 spiro atoms. The third kappa shape index (κ3) is 4.26. The molecule has 1 heterocycles. The molecule has 1 aromatic carbocycles. The molecule has 5 nitrogen and oxygen atoms in total. The largest absolute Gasteiger partial charge is 0.399 e. The molecule has 2 rings (SSSR count). The summed E-state index contributed by atoms with van der Waals surface area (Å²) in [6.07, 6.45) is 2.02. The van der Waals surface area contributed by atoms with E-state index in [2.05, 4.69) is 9.71 Å². The number of hydrogen-bond donors (Lipinski definition) is 2. The average molecular weight is 277 g/mol. The minimum Gasteiger partial charge on any atom is -0.399 e. The summed E-state index contributed by atoms with van der Waals surface area (Å²) in [7, 11) is -3.40. The number of rotatable bonds is 5. The minimum atomic E-state index is -3.40. The Labute approximate surface area is 112 Å². The van der Waals surface area contributed by atoms with Crippen molar-refractivity contribution in [2.75, 3.05) is 16.2 Å². The van der Waals surface area contributed by atoms with Crippen LogP contribution in [-0.4, -0.2) is 19.2 Å². The van der Waals surface area contributed by atoms with Gasteiger partial charge >= 0.3 is 0 Å². The van der Waals surface area contributed by atoms with E-state index >= 15 is 0 Å². The lowest BCUT2D eigenvalue weighted by Crippen LogP contribution is -2.18. The normalized spacial score (nSPS) is 11.2. The van der Waals surface area contributed by atoms with E-state index < -0.39 is 10.0 Å². The standard InChI is InChI=1S/C13H15N3O2S/c14-11-4-3-6-13(10-11)16-19(17,18)9-7-12-5-1-2-8-15-12/h1-6,8,10,16H,7,9,14H2. The first-order valence-electron chi connectivity index (χ1n) is 5.81. The fourth-order valence-corrected chi connectivity index (χ4v) is 2.68. The maximum Gasteiger partial charge on any atom is 0.233 e. The van der Waals surface area contributed by atoms with Gasteiger partial charge < -0.3 is 5.73 Å². The maximum atomic E-state index is 11.9. The number of benzene rings is 1. The van der Waals surface area contributed by atoms with E-state index in [1.807, 2.05) is 6.07 Å². The molecule has 0 atom stereocenters. The zero-order valence-corrected chi connectivity index (χ0v) is 11.1. The van der Waals surface area contributed by atoms with Crippen LogP contribution in [0.4, 0.5) is 11.4 Å². The molecular weight excluding hydrogens is 262 g/mol. The second kappa shape index (κ2) is 5.71. The molecule has 19 heavy (non-hydrogen) atoms. The van der Waals surface area contributed by atoms with E-state index in [1.54, 1.807) is 42.6 Å². The molecule has 0 saturated heterocycles. The lowest BCUT2D eigenvalue weighted by atomic mass is 10.3. The number of nitrogen functional groups attached to an aromatic ring is 1. The second-order valence-electron chi connectivity index (χ2n) is 4.12. The Bertz CT molecular complexity index is 642. The predicted octanol–water partition coefficient (Wildman–Crippen LogP) is 1.65. The van der Waals surface area contributed by atoms with Crippen LogP contribution in [0.1, 0.15) is 5.69 Å². The van der Waals surface area contributed by atoms with Gasteiger partial charge in [0.25, 0.3) is 0 Å². The second-order valence-corrected chi connectivity index (χ2v) is 5.96. The van der Waals surface area contributed by atoms with E-state index in [4.69, 9.17) is 5.73 Å². The monoisotopic (exact) mass is 277 g/mol. The van der Waals surface area contributed by atoms with Crippen molar-refractivity contribution in [1.29, 1.82) is 0 Å². The molecule has 0 bridgehead atoms. The smallest absolute Gasteiger partial charge is 0.233 e. The summed E-state index contributed by atoms with van der Waals surface area (Å²) >= 11 is 0. The van der Waals surface area contributed by atoms with Crippen molar-refractivity contribution >= 4 is 21.4 Å². The minimum absolute atomic E-state index is 0.0151. The molecule has 0 aliphatic heterocycles. The molecule has 6 heteroatoms. The van der Waals surface area contributed by atoms with Gasteiger partial charge in [0.15, 0.2) is 0 Å². The number of anilines is 2. The number of hydrogen-bond acceptors (Lipinski definition) is 4. The molecule has 0 aliphatic carbocycles. The van der Waals surface area contributed by atoms with E-state index in [9.17, 15) is 8.42 Å². The van der Waals surface area contributed by atoms with Crippen molar-refractivity contribution in [1.82, 2.24) is 4.98 Å². The van der Waals surface area contributed by atoms with Crippen LogP contribution in [0.3, 0.4) is 0 Å². The Morgan fingerprint density at radius 3 is 2.68 bits per heavy atom. The highest BCUT2D eigenvalue weighted by atomic mass is 32.2. The first kappa shape index (κ1) is 13.4. The number of pyridine rings is 1. The third-order valence-corrected chi connectivity index (χ3v) is 3.80. The highest BCUT2D eigenvalue weighted by molar-refractivity contribution is 7.92. The van der Waals surface area contributed by atoms with Crippen LogP contribution in [0.15, 0.2) is 48.7 Å². The van der Waals surface area contributed by atoms with Gasteiger partial charge in [-0.25, -0.2) is 8.42 Å². The van der Waals surface area contributed by atoms with Gasteiger partial charge in [0, 0.05) is 24.0 Å². The molecule has 0 saturated carbocycles. The molecule has 0 unspecified atom stereocenters. The lowest BCUT2D eigenvalue weighted by molar-refractivity contribution is 0.600. The summed E-state index contributed by atoms with van der Waals surface area (Å²) in [6.45, 7) is 0. The Morgan fingerprint density at radius 2 is 2.00 bits per heavy atom. The Balaban J connectivity index is 1.99. The number of nitrogens with zero attached hydrogens (tertiary/aromatic N) is 1. The summed E-state index contributed by atoms with van der Waals surface area (Å²) < 4.78 is 26.3. The van der Waals surface area contributed by atoms with Gasteiger partial charge in [0.2, 0.25) is 10.0 Å². The van der Waals surface area contributed by atoms with Gasteiger partial charge in [0.1, 0.15) is 0 Å². The maximum absolute atomic E-state index is 11.9. The molecule has 3 N–H and O–H groups in total. The molecule has 0 radical (unpaired) electrons. The number of nitrogens with two attached hydrogens (primary N) is 1. The Kier molecular flexibility index (Phi) is 4.01. The molecule has 2 aromatic rings. The summed E-state index contributed by atoms with van der Waals surface area (Å²) in [6, 6.07) is 12.1. The summed E-state index contributed by atoms with van der Waals surface area (Å²) in [5, 5.41) is 0. The number of nitrogens with one attached hydrogen (secondary N) is 1. The van der Waals surface area contributed by atoms with Gasteiger partial charge in [-0.2, -0.15) is 0 Å². The van der Waals surface area contributed by atoms with Gasteiger partial charge in [0.05, 0.1) is 11.4 Å². The summed E-state index contributed by atoms with van der Waals surface area (Å²) in [5.41, 5.74) is 7.34. The number of aromatic nitrogens is 1. The van der Waals surface area contributed by atoms with E-state index in [0.29, 0.717) is 17.8 Å². The van der Waals surface area contributed by atoms with Crippen LogP contribution in [-0.2, 0) is 16.4 Å². The van der Waals surface area contributed by atoms with Crippen molar-refractivity contribution in [3.8, 4) is 0 Å². The zero-order valence-electron chi connectivity index (χ0n) is 10.3. The first-order chi connectivity index (χ1) is 9.05. The van der Waals surface area contributed by atoms with Crippen LogP contribution < -0.4 is 10.5 Å². The quantitative estimate of drug-likeness (QED) is 0.814. The zero-order chi connectivity index (χ0) is 13.7. The lowest BCUT2D eigenvalue weighted by Gasteiger charge is -2.08. The van der Waals surface area contributed by atoms with E-state index in [-0.39, 0.29) is 5.75 Å². The third-order valence-electron chi connectivity index (χ3n) is 2.51.